The van der Waals surface area contributed by atoms with E-state index >= 15 is 0 Å². The van der Waals surface area contributed by atoms with Crippen LogP contribution in [0.15, 0.2) is 29.2 Å². The van der Waals surface area contributed by atoms with Crippen LogP contribution in [0.2, 0.25) is 0 Å². The highest BCUT2D eigenvalue weighted by molar-refractivity contribution is 7.89. The summed E-state index contributed by atoms with van der Waals surface area (Å²) in [6.07, 6.45) is 3.01. The third-order valence-corrected chi connectivity index (χ3v) is 6.79. The van der Waals surface area contributed by atoms with Gasteiger partial charge in [0.05, 0.1) is 11.4 Å². The van der Waals surface area contributed by atoms with E-state index in [1.165, 1.54) is 28.6 Å². The molecule has 1 saturated heterocycles. The van der Waals surface area contributed by atoms with Gasteiger partial charge < -0.3 is 10.6 Å². The Hall–Kier alpha value is -1.93. The lowest BCUT2D eigenvalue weighted by Gasteiger charge is -2.34. The van der Waals surface area contributed by atoms with Gasteiger partial charge in [-0.25, -0.2) is 8.42 Å². The van der Waals surface area contributed by atoms with Crippen LogP contribution in [0.5, 0.6) is 0 Å². The minimum Gasteiger partial charge on any atom is -0.352 e. The zero-order chi connectivity index (χ0) is 19.6. The fourth-order valence-corrected chi connectivity index (χ4v) is 5.18. The zero-order valence-corrected chi connectivity index (χ0v) is 16.6. The normalized spacial score (nSPS) is 23.6. The third kappa shape index (κ3) is 5.07. The summed E-state index contributed by atoms with van der Waals surface area (Å²) in [7, 11) is -3.57. The summed E-state index contributed by atoms with van der Waals surface area (Å²) < 4.78 is 27.2. The predicted octanol–water partition coefficient (Wildman–Crippen LogP) is 1.36. The van der Waals surface area contributed by atoms with Gasteiger partial charge in [0.15, 0.2) is 0 Å². The fraction of sp³-hybridized carbons (Fsp3) is 0.579. The van der Waals surface area contributed by atoms with Crippen LogP contribution in [0.1, 0.15) is 43.5 Å². The second kappa shape index (κ2) is 7.98. The van der Waals surface area contributed by atoms with E-state index in [1.807, 2.05) is 0 Å². The molecule has 2 amide bonds. The SMILES string of the molecule is C[C@H]1C[C@H](C)CN(S(=O)(=O)c2ccc(C(=O)NCC(=O)NC3CC3)cc2)C1. The standard InChI is InChI=1S/C19H27N3O4S/c1-13-9-14(2)12-22(11-13)27(25,26)17-7-3-15(4-8-17)19(24)20-10-18(23)21-16-5-6-16/h3-4,7-8,13-14,16H,5-6,9-12H2,1-2H3,(H,20,24)(H,21,23)/t13-,14-/m0/s1. The number of nitrogens with zero attached hydrogens (tertiary/aromatic N) is 1. The molecule has 7 nitrogen and oxygen atoms in total. The number of benzene rings is 1. The molecule has 2 N–H and O–H groups in total. The maximum Gasteiger partial charge on any atom is 0.251 e. The van der Waals surface area contributed by atoms with Crippen LogP contribution in [-0.2, 0) is 14.8 Å². The number of piperidine rings is 1. The lowest BCUT2D eigenvalue weighted by atomic mass is 9.94. The number of carbonyl (C=O) groups excluding carboxylic acids is 2. The minimum atomic E-state index is -3.57. The Kier molecular flexibility index (Phi) is 5.86. The van der Waals surface area contributed by atoms with Crippen LogP contribution >= 0.6 is 0 Å². The molecule has 0 bridgehead atoms. The summed E-state index contributed by atoms with van der Waals surface area (Å²) in [5.41, 5.74) is 0.327. The van der Waals surface area contributed by atoms with Gasteiger partial charge in [-0.05, 0) is 55.4 Å². The van der Waals surface area contributed by atoms with Crippen molar-refractivity contribution < 1.29 is 18.0 Å². The molecule has 148 valence electrons. The van der Waals surface area contributed by atoms with E-state index in [-0.39, 0.29) is 23.4 Å². The predicted molar refractivity (Wildman–Crippen MR) is 102 cm³/mol. The van der Waals surface area contributed by atoms with Gasteiger partial charge in [0.25, 0.3) is 5.91 Å². The Morgan fingerprint density at radius 2 is 1.67 bits per heavy atom. The van der Waals surface area contributed by atoms with E-state index in [1.54, 1.807) is 0 Å². The Morgan fingerprint density at radius 3 is 2.22 bits per heavy atom. The van der Waals surface area contributed by atoms with E-state index in [4.69, 9.17) is 0 Å². The topological polar surface area (TPSA) is 95.6 Å². The van der Waals surface area contributed by atoms with E-state index in [9.17, 15) is 18.0 Å². The van der Waals surface area contributed by atoms with Crippen molar-refractivity contribution in [3.8, 4) is 0 Å². The Balaban J connectivity index is 1.61. The van der Waals surface area contributed by atoms with E-state index in [2.05, 4.69) is 24.5 Å². The highest BCUT2D eigenvalue weighted by Gasteiger charge is 2.31. The first-order valence-corrected chi connectivity index (χ1v) is 10.9. The molecule has 2 aliphatic rings. The van der Waals surface area contributed by atoms with Crippen molar-refractivity contribution in [3.63, 3.8) is 0 Å². The Labute approximate surface area is 160 Å². The maximum atomic E-state index is 12.9. The number of nitrogens with one attached hydrogen (secondary N) is 2. The Morgan fingerprint density at radius 1 is 1.07 bits per heavy atom. The summed E-state index contributed by atoms with van der Waals surface area (Å²) >= 11 is 0. The highest BCUT2D eigenvalue weighted by Crippen LogP contribution is 2.26. The van der Waals surface area contributed by atoms with Gasteiger partial charge in [-0.2, -0.15) is 4.31 Å². The lowest BCUT2D eigenvalue weighted by molar-refractivity contribution is -0.120. The van der Waals surface area contributed by atoms with Crippen molar-refractivity contribution in [1.29, 1.82) is 0 Å². The smallest absolute Gasteiger partial charge is 0.251 e. The second-order valence-electron chi connectivity index (χ2n) is 7.82. The van der Waals surface area contributed by atoms with Gasteiger partial charge in [-0.15, -0.1) is 0 Å². The van der Waals surface area contributed by atoms with E-state index in [0.29, 0.717) is 30.5 Å². The quantitative estimate of drug-likeness (QED) is 0.763. The first-order valence-electron chi connectivity index (χ1n) is 9.43. The maximum absolute atomic E-state index is 12.9. The van der Waals surface area contributed by atoms with Gasteiger partial charge in [-0.1, -0.05) is 13.8 Å². The van der Waals surface area contributed by atoms with Crippen LogP contribution in [0.4, 0.5) is 0 Å². The molecule has 1 aliphatic carbocycles. The monoisotopic (exact) mass is 393 g/mol. The second-order valence-corrected chi connectivity index (χ2v) is 9.75. The van der Waals surface area contributed by atoms with Crippen LogP contribution in [0.25, 0.3) is 0 Å². The van der Waals surface area contributed by atoms with Crippen LogP contribution in [-0.4, -0.2) is 50.2 Å². The highest BCUT2D eigenvalue weighted by atomic mass is 32.2. The van der Waals surface area contributed by atoms with Crippen molar-refractivity contribution in [2.75, 3.05) is 19.6 Å². The summed E-state index contributed by atoms with van der Waals surface area (Å²) in [5, 5.41) is 5.35. The molecule has 1 aromatic carbocycles. The molecule has 0 aromatic heterocycles. The lowest BCUT2D eigenvalue weighted by Crippen LogP contribution is -2.42. The number of rotatable bonds is 6. The van der Waals surface area contributed by atoms with Crippen molar-refractivity contribution >= 4 is 21.8 Å². The first-order chi connectivity index (χ1) is 12.8. The summed E-state index contributed by atoms with van der Waals surface area (Å²) in [5.74, 6) is 0.0502. The van der Waals surface area contributed by atoms with E-state index in [0.717, 1.165) is 19.3 Å². The molecular formula is C19H27N3O4S. The minimum absolute atomic E-state index is 0.0844. The number of hydrogen-bond donors (Lipinski definition) is 2. The summed E-state index contributed by atoms with van der Waals surface area (Å²) in [4.78, 5) is 24.0. The molecule has 2 atom stereocenters. The Bertz CT molecular complexity index is 793. The fourth-order valence-electron chi connectivity index (χ4n) is 3.50. The molecule has 8 heteroatoms. The summed E-state index contributed by atoms with van der Waals surface area (Å²) in [6.45, 7) is 5.07. The molecule has 1 saturated carbocycles. The molecule has 0 spiro atoms. The average Bonchev–Trinajstić information content (AvgIpc) is 3.43. The van der Waals surface area contributed by atoms with Gasteiger partial charge >= 0.3 is 0 Å². The molecule has 1 aromatic rings. The van der Waals surface area contributed by atoms with E-state index < -0.39 is 15.9 Å². The molecular weight excluding hydrogens is 366 g/mol. The number of amides is 2. The molecule has 1 aliphatic heterocycles. The molecule has 27 heavy (non-hydrogen) atoms. The van der Waals surface area contributed by atoms with Gasteiger partial charge in [-0.3, -0.25) is 9.59 Å². The number of carbonyl (C=O) groups is 2. The van der Waals surface area contributed by atoms with Crippen molar-refractivity contribution in [2.45, 2.75) is 44.0 Å². The van der Waals surface area contributed by atoms with Crippen LogP contribution in [0.3, 0.4) is 0 Å². The largest absolute Gasteiger partial charge is 0.352 e. The first kappa shape index (κ1) is 19.8. The van der Waals surface area contributed by atoms with Gasteiger partial charge in [0.1, 0.15) is 0 Å². The van der Waals surface area contributed by atoms with Gasteiger partial charge in [0, 0.05) is 24.7 Å². The summed E-state index contributed by atoms with van der Waals surface area (Å²) in [6, 6.07) is 6.13. The van der Waals surface area contributed by atoms with Crippen LogP contribution < -0.4 is 10.6 Å². The van der Waals surface area contributed by atoms with Crippen molar-refractivity contribution in [1.82, 2.24) is 14.9 Å². The third-order valence-electron chi connectivity index (χ3n) is 4.94. The van der Waals surface area contributed by atoms with Crippen LogP contribution in [0, 0.1) is 11.8 Å². The molecule has 1 heterocycles. The molecule has 3 rings (SSSR count). The zero-order valence-electron chi connectivity index (χ0n) is 15.8. The average molecular weight is 394 g/mol. The van der Waals surface area contributed by atoms with Gasteiger partial charge in [0.2, 0.25) is 15.9 Å². The van der Waals surface area contributed by atoms with Crippen molar-refractivity contribution in [2.24, 2.45) is 11.8 Å². The molecule has 0 radical (unpaired) electrons. The number of sulfonamides is 1. The number of hydrogen-bond acceptors (Lipinski definition) is 4. The molecule has 0 unspecified atom stereocenters. The van der Waals surface area contributed by atoms with Crippen molar-refractivity contribution in [3.05, 3.63) is 29.8 Å². The molecule has 2 fully saturated rings.